The molecule has 0 N–H and O–H groups in total. The van der Waals surface area contributed by atoms with Crippen molar-refractivity contribution in [2.45, 2.75) is 5.41 Å². The number of nitrogens with zero attached hydrogens (tertiary/aromatic N) is 4. The Labute approximate surface area is 354 Å². The predicted octanol–water partition coefficient (Wildman–Crippen LogP) is 13.8. The lowest BCUT2D eigenvalue weighted by atomic mass is 9.64. The highest BCUT2D eigenvalue weighted by molar-refractivity contribution is 6.01. The van der Waals surface area contributed by atoms with Crippen molar-refractivity contribution in [1.82, 2.24) is 18.3 Å². The fourth-order valence-corrected chi connectivity index (χ4v) is 9.99. The van der Waals surface area contributed by atoms with Crippen molar-refractivity contribution < 1.29 is 0 Å². The lowest BCUT2D eigenvalue weighted by Gasteiger charge is -2.35. The molecule has 0 unspecified atom stereocenters. The molecule has 288 valence electrons. The van der Waals surface area contributed by atoms with Crippen LogP contribution in [0.15, 0.2) is 243 Å². The van der Waals surface area contributed by atoms with Gasteiger partial charge in [0.1, 0.15) is 0 Å². The highest BCUT2D eigenvalue weighted by Crippen LogP contribution is 2.55. The first-order chi connectivity index (χ1) is 30.3. The molecule has 0 aliphatic heterocycles. The monoisotopic (exact) mass is 780 g/mol. The van der Waals surface area contributed by atoms with Crippen LogP contribution >= 0.6 is 0 Å². The van der Waals surface area contributed by atoms with Gasteiger partial charge in [0.05, 0.1) is 27.5 Å². The third-order valence-corrected chi connectivity index (χ3v) is 12.6. The van der Waals surface area contributed by atoms with Crippen LogP contribution in [0.25, 0.3) is 66.4 Å². The van der Waals surface area contributed by atoms with Gasteiger partial charge in [-0.25, -0.2) is 0 Å². The van der Waals surface area contributed by atoms with Gasteiger partial charge in [-0.1, -0.05) is 146 Å². The van der Waals surface area contributed by atoms with Crippen molar-refractivity contribution in [3.8, 4) is 22.7 Å². The smallest absolute Gasteiger partial charge is 0.0785 e. The van der Waals surface area contributed by atoms with Gasteiger partial charge >= 0.3 is 0 Å². The summed E-state index contributed by atoms with van der Waals surface area (Å²) in [6.07, 6.45) is 9.71. The lowest BCUT2D eigenvalue weighted by Crippen LogP contribution is -2.30. The second-order valence-corrected chi connectivity index (χ2v) is 15.8. The molecule has 0 aliphatic carbocycles. The molecule has 4 aromatic heterocycles. The molecule has 0 bridgehead atoms. The molecule has 8 aromatic carbocycles. The van der Waals surface area contributed by atoms with Crippen molar-refractivity contribution in [2.24, 2.45) is 0 Å². The zero-order valence-electron chi connectivity index (χ0n) is 33.4. The third kappa shape index (κ3) is 5.32. The first kappa shape index (κ1) is 34.9. The van der Waals surface area contributed by atoms with E-state index in [1.807, 2.05) is 0 Å². The van der Waals surface area contributed by atoms with Gasteiger partial charge in [-0.15, -0.1) is 0 Å². The average Bonchev–Trinajstić information content (AvgIpc) is 4.13. The maximum absolute atomic E-state index is 2.43. The highest BCUT2D eigenvalue weighted by atomic mass is 15.0. The lowest BCUT2D eigenvalue weighted by molar-refractivity contribution is 0.762. The van der Waals surface area contributed by atoms with Crippen LogP contribution in [0, 0.1) is 0 Å². The van der Waals surface area contributed by atoms with E-state index in [1.54, 1.807) is 0 Å². The van der Waals surface area contributed by atoms with E-state index in [2.05, 4.69) is 261 Å². The Bertz CT molecular complexity index is 3040. The quantitative estimate of drug-likeness (QED) is 0.146. The summed E-state index contributed by atoms with van der Waals surface area (Å²) in [6, 6.07) is 78.9. The largest absolute Gasteiger partial charge is 0.316 e. The molecule has 4 nitrogen and oxygen atoms in total. The second-order valence-electron chi connectivity index (χ2n) is 15.8. The summed E-state index contributed by atoms with van der Waals surface area (Å²) < 4.78 is 9.57. The summed E-state index contributed by atoms with van der Waals surface area (Å²) >= 11 is 0. The Morgan fingerprint density at radius 3 is 0.639 bits per heavy atom. The Balaban J connectivity index is 1.35. The van der Waals surface area contributed by atoms with Crippen molar-refractivity contribution in [1.29, 1.82) is 0 Å². The number of benzene rings is 8. The molecule has 0 aliphatic rings. The Morgan fingerprint density at radius 2 is 0.410 bits per heavy atom. The molecule has 12 aromatic rings. The van der Waals surface area contributed by atoms with Crippen LogP contribution in [0.2, 0.25) is 0 Å². The summed E-state index contributed by atoms with van der Waals surface area (Å²) in [5.74, 6) is 0. The summed E-state index contributed by atoms with van der Waals surface area (Å²) in [6.45, 7) is 0. The standard InChI is InChI=1S/C57H40N4/c1-5-21-41(22-6-1)58-37-49(45-29-13-17-33-53(45)58)57(50-38-59(42-23-7-2-8-24-42)54-34-18-14-30-46(50)54,51-39-60(43-25-9-3-10-26-43)55-35-19-15-31-47(51)55)52-40-61(44-27-11-4-12-28-44)56-36-20-16-32-48(52)56/h1-40H. The van der Waals surface area contributed by atoms with E-state index < -0.39 is 5.41 Å². The highest BCUT2D eigenvalue weighted by Gasteiger charge is 2.47. The third-order valence-electron chi connectivity index (χ3n) is 12.6. The van der Waals surface area contributed by atoms with E-state index >= 15 is 0 Å². The normalized spacial score (nSPS) is 11.9. The van der Waals surface area contributed by atoms with Crippen molar-refractivity contribution in [2.75, 3.05) is 0 Å². The number of fused-ring (bicyclic) bond motifs is 4. The molecule has 0 saturated heterocycles. The van der Waals surface area contributed by atoms with Crippen LogP contribution in [0.1, 0.15) is 22.3 Å². The van der Waals surface area contributed by atoms with Gasteiger partial charge in [0.2, 0.25) is 0 Å². The number of rotatable bonds is 8. The molecular weight excluding hydrogens is 741 g/mol. The maximum atomic E-state index is 2.43. The van der Waals surface area contributed by atoms with E-state index in [1.165, 1.54) is 43.8 Å². The Hall–Kier alpha value is -8.08. The molecule has 0 fully saturated rings. The second kappa shape index (κ2) is 14.0. The van der Waals surface area contributed by atoms with Crippen molar-refractivity contribution in [3.63, 3.8) is 0 Å². The van der Waals surface area contributed by atoms with E-state index in [-0.39, 0.29) is 0 Å². The van der Waals surface area contributed by atoms with E-state index in [0.717, 1.165) is 44.8 Å². The minimum Gasteiger partial charge on any atom is -0.316 e. The Kier molecular flexibility index (Phi) is 8.04. The SMILES string of the molecule is c1ccc(-n2cc(C(c3cn(-c4ccccc4)c4ccccc34)(c3cn(-c4ccccc4)c4ccccc34)c3cn(-c4ccccc4)c4ccccc34)c3ccccc32)cc1. The zero-order valence-corrected chi connectivity index (χ0v) is 33.4. The van der Waals surface area contributed by atoms with Gasteiger partial charge in [-0.2, -0.15) is 0 Å². The summed E-state index contributed by atoms with van der Waals surface area (Å²) in [5, 5.41) is 4.76. The van der Waals surface area contributed by atoms with E-state index in [4.69, 9.17) is 0 Å². The van der Waals surface area contributed by atoms with Crippen LogP contribution in [0.5, 0.6) is 0 Å². The molecule has 0 amide bonds. The van der Waals surface area contributed by atoms with E-state index in [0.29, 0.717) is 0 Å². The zero-order chi connectivity index (χ0) is 40.3. The first-order valence-electron chi connectivity index (χ1n) is 20.9. The van der Waals surface area contributed by atoms with Gasteiger partial charge in [0.15, 0.2) is 0 Å². The average molecular weight is 781 g/mol. The molecule has 12 rings (SSSR count). The number of para-hydroxylation sites is 8. The van der Waals surface area contributed by atoms with Crippen LogP contribution in [0.4, 0.5) is 0 Å². The fraction of sp³-hybridized carbons (Fsp3) is 0.0175. The summed E-state index contributed by atoms with van der Waals surface area (Å²) in [5.41, 5.74) is 13.0. The number of aromatic nitrogens is 4. The first-order valence-corrected chi connectivity index (χ1v) is 20.9. The Morgan fingerprint density at radius 1 is 0.213 bits per heavy atom. The van der Waals surface area contributed by atoms with Crippen LogP contribution < -0.4 is 0 Å². The van der Waals surface area contributed by atoms with Crippen LogP contribution in [-0.2, 0) is 5.41 Å². The maximum Gasteiger partial charge on any atom is 0.0785 e. The van der Waals surface area contributed by atoms with Gasteiger partial charge in [0, 0.05) is 69.1 Å². The molecule has 0 saturated carbocycles. The van der Waals surface area contributed by atoms with E-state index in [9.17, 15) is 0 Å². The minimum absolute atomic E-state index is 0.890. The van der Waals surface area contributed by atoms with Gasteiger partial charge in [-0.05, 0) is 95.1 Å². The minimum atomic E-state index is -0.890. The predicted molar refractivity (Wildman–Crippen MR) is 252 cm³/mol. The van der Waals surface area contributed by atoms with Gasteiger partial charge < -0.3 is 18.3 Å². The molecule has 0 atom stereocenters. The van der Waals surface area contributed by atoms with Gasteiger partial charge in [-0.3, -0.25) is 0 Å². The molecule has 0 spiro atoms. The molecule has 4 heterocycles. The van der Waals surface area contributed by atoms with Crippen LogP contribution in [0.3, 0.4) is 0 Å². The fourth-order valence-electron chi connectivity index (χ4n) is 9.99. The molecule has 61 heavy (non-hydrogen) atoms. The molecular formula is C57H40N4. The van der Waals surface area contributed by atoms with Crippen molar-refractivity contribution >= 4 is 43.6 Å². The number of hydrogen-bond donors (Lipinski definition) is 0. The topological polar surface area (TPSA) is 19.7 Å². The van der Waals surface area contributed by atoms with Gasteiger partial charge in [0.25, 0.3) is 0 Å². The molecule has 0 radical (unpaired) electrons. The van der Waals surface area contributed by atoms with Crippen molar-refractivity contribution in [3.05, 3.63) is 265 Å². The molecule has 4 heteroatoms. The summed E-state index contributed by atoms with van der Waals surface area (Å²) in [7, 11) is 0. The number of hydrogen-bond acceptors (Lipinski definition) is 0. The summed E-state index contributed by atoms with van der Waals surface area (Å²) in [4.78, 5) is 0. The van der Waals surface area contributed by atoms with Crippen LogP contribution in [-0.4, -0.2) is 18.3 Å².